The van der Waals surface area contributed by atoms with Gasteiger partial charge in [0.1, 0.15) is 0 Å². The van der Waals surface area contributed by atoms with E-state index >= 15 is 0 Å². The summed E-state index contributed by atoms with van der Waals surface area (Å²) in [6, 6.07) is 0. The van der Waals surface area contributed by atoms with Crippen LogP contribution in [0.15, 0.2) is 12.2 Å². The first-order valence-corrected chi connectivity index (χ1v) is 8.46. The molecule has 0 aromatic carbocycles. The van der Waals surface area contributed by atoms with Crippen molar-refractivity contribution >= 4 is 0 Å². The monoisotopic (exact) mass is 252 g/mol. The maximum Gasteiger partial charge on any atom is -0.0351 e. The van der Waals surface area contributed by atoms with E-state index in [1.54, 1.807) is 0 Å². The van der Waals surface area contributed by atoms with Crippen molar-refractivity contribution in [3.05, 3.63) is 12.2 Å². The van der Waals surface area contributed by atoms with Crippen molar-refractivity contribution in [2.24, 2.45) is 5.92 Å². The lowest BCUT2D eigenvalue weighted by molar-refractivity contribution is 0.400. The average Bonchev–Trinajstić information content (AvgIpc) is 2.40. The summed E-state index contributed by atoms with van der Waals surface area (Å²) in [5.74, 6) is 1.01. The Labute approximate surface area is 116 Å². The molecular formula is C18H36. The van der Waals surface area contributed by atoms with Gasteiger partial charge in [-0.2, -0.15) is 0 Å². The van der Waals surface area contributed by atoms with Crippen molar-refractivity contribution in [1.29, 1.82) is 0 Å². The van der Waals surface area contributed by atoms with Crippen LogP contribution in [0.3, 0.4) is 0 Å². The summed E-state index contributed by atoms with van der Waals surface area (Å²) >= 11 is 0. The highest BCUT2D eigenvalue weighted by Crippen LogP contribution is 2.20. The van der Waals surface area contributed by atoms with E-state index in [1.807, 2.05) is 0 Å². The van der Waals surface area contributed by atoms with Crippen LogP contribution in [0.2, 0.25) is 0 Å². The van der Waals surface area contributed by atoms with Gasteiger partial charge < -0.3 is 0 Å². The van der Waals surface area contributed by atoms with Crippen LogP contribution < -0.4 is 0 Å². The molecule has 18 heavy (non-hydrogen) atoms. The van der Waals surface area contributed by atoms with Gasteiger partial charge in [0.2, 0.25) is 0 Å². The first-order chi connectivity index (χ1) is 8.85. The molecule has 0 rings (SSSR count). The predicted molar refractivity (Wildman–Crippen MR) is 85.1 cm³/mol. The molecule has 0 radical (unpaired) electrons. The summed E-state index contributed by atoms with van der Waals surface area (Å²) < 4.78 is 0. The molecule has 1 atom stereocenters. The van der Waals surface area contributed by atoms with Gasteiger partial charge in [-0.25, -0.2) is 0 Å². The fourth-order valence-corrected chi connectivity index (χ4v) is 2.61. The summed E-state index contributed by atoms with van der Waals surface area (Å²) in [6.45, 7) is 6.78. The van der Waals surface area contributed by atoms with Crippen molar-refractivity contribution in [2.75, 3.05) is 0 Å². The van der Waals surface area contributed by atoms with E-state index in [2.05, 4.69) is 32.9 Å². The van der Waals surface area contributed by atoms with Gasteiger partial charge in [-0.1, -0.05) is 90.2 Å². The molecule has 0 saturated carbocycles. The Hall–Kier alpha value is -0.260. The van der Waals surface area contributed by atoms with Gasteiger partial charge in [-0.15, -0.1) is 0 Å². The zero-order chi connectivity index (χ0) is 13.5. The van der Waals surface area contributed by atoms with Gasteiger partial charge in [0.15, 0.2) is 0 Å². The third-order valence-corrected chi connectivity index (χ3v) is 4.01. The lowest BCUT2D eigenvalue weighted by Crippen LogP contribution is -1.98. The summed E-state index contributed by atoms with van der Waals surface area (Å²) in [7, 11) is 0. The number of hydrogen-bond acceptors (Lipinski definition) is 0. The Morgan fingerprint density at radius 2 is 1.39 bits per heavy atom. The van der Waals surface area contributed by atoms with Gasteiger partial charge in [-0.05, 0) is 25.7 Å². The molecule has 0 bridgehead atoms. The van der Waals surface area contributed by atoms with Crippen LogP contribution in [-0.4, -0.2) is 0 Å². The van der Waals surface area contributed by atoms with Gasteiger partial charge in [0, 0.05) is 0 Å². The quantitative estimate of drug-likeness (QED) is 0.247. The molecule has 0 spiro atoms. The van der Waals surface area contributed by atoms with Crippen LogP contribution in [0.25, 0.3) is 0 Å². The lowest BCUT2D eigenvalue weighted by atomic mass is 9.93. The minimum absolute atomic E-state index is 1.01. The number of hydrogen-bond donors (Lipinski definition) is 0. The largest absolute Gasteiger partial charge is 0.0917 e. The van der Waals surface area contributed by atoms with Crippen LogP contribution in [0.1, 0.15) is 97.8 Å². The Morgan fingerprint density at radius 3 is 2.00 bits per heavy atom. The van der Waals surface area contributed by atoms with Crippen molar-refractivity contribution in [1.82, 2.24) is 0 Å². The molecule has 0 aliphatic rings. The van der Waals surface area contributed by atoms with Gasteiger partial charge >= 0.3 is 0 Å². The standard InChI is InChI=1S/C18H36/c1-4-7-9-10-11-12-13-14-15-17-18(6-3)16-8-5-2/h4,7,18H,5-6,8-17H2,1-3H3/b7-4+. The van der Waals surface area contributed by atoms with Crippen molar-refractivity contribution < 1.29 is 0 Å². The highest BCUT2D eigenvalue weighted by atomic mass is 14.1. The van der Waals surface area contributed by atoms with E-state index in [0.29, 0.717) is 0 Å². The van der Waals surface area contributed by atoms with E-state index in [1.165, 1.54) is 77.0 Å². The third kappa shape index (κ3) is 12.2. The first-order valence-electron chi connectivity index (χ1n) is 8.46. The number of unbranched alkanes of at least 4 members (excludes halogenated alkanes) is 7. The highest BCUT2D eigenvalue weighted by Gasteiger charge is 2.04. The molecular weight excluding hydrogens is 216 g/mol. The van der Waals surface area contributed by atoms with E-state index in [0.717, 1.165) is 5.92 Å². The van der Waals surface area contributed by atoms with Crippen LogP contribution >= 0.6 is 0 Å². The van der Waals surface area contributed by atoms with E-state index in [4.69, 9.17) is 0 Å². The smallest absolute Gasteiger partial charge is 0.0351 e. The Bertz CT molecular complexity index is 169. The maximum absolute atomic E-state index is 2.36. The van der Waals surface area contributed by atoms with Crippen LogP contribution in [0, 0.1) is 5.92 Å². The lowest BCUT2D eigenvalue weighted by Gasteiger charge is -2.13. The SMILES string of the molecule is C/C=C/CCCCCCCCC(CC)CCCC. The molecule has 0 N–H and O–H groups in total. The second-order valence-electron chi connectivity index (χ2n) is 5.68. The summed E-state index contributed by atoms with van der Waals surface area (Å²) in [5.41, 5.74) is 0. The van der Waals surface area contributed by atoms with Crippen molar-refractivity contribution in [3.8, 4) is 0 Å². The van der Waals surface area contributed by atoms with Gasteiger partial charge in [0.25, 0.3) is 0 Å². The third-order valence-electron chi connectivity index (χ3n) is 4.01. The van der Waals surface area contributed by atoms with Crippen LogP contribution in [-0.2, 0) is 0 Å². The summed E-state index contributed by atoms with van der Waals surface area (Å²) in [5, 5.41) is 0. The van der Waals surface area contributed by atoms with E-state index < -0.39 is 0 Å². The Morgan fingerprint density at radius 1 is 0.778 bits per heavy atom. The zero-order valence-corrected chi connectivity index (χ0v) is 13.2. The van der Waals surface area contributed by atoms with Crippen LogP contribution in [0.5, 0.6) is 0 Å². The topological polar surface area (TPSA) is 0 Å². The Kier molecular flexibility index (Phi) is 14.6. The van der Waals surface area contributed by atoms with E-state index in [9.17, 15) is 0 Å². The number of rotatable bonds is 13. The summed E-state index contributed by atoms with van der Waals surface area (Å²) in [4.78, 5) is 0. The van der Waals surface area contributed by atoms with Crippen molar-refractivity contribution in [3.63, 3.8) is 0 Å². The summed E-state index contributed by atoms with van der Waals surface area (Å²) in [6.07, 6.45) is 21.5. The molecule has 0 heterocycles. The molecule has 0 aliphatic carbocycles. The molecule has 0 aromatic heterocycles. The molecule has 0 saturated heterocycles. The molecule has 0 amide bonds. The molecule has 108 valence electrons. The average molecular weight is 252 g/mol. The molecule has 1 unspecified atom stereocenters. The number of allylic oxidation sites excluding steroid dienone is 2. The second-order valence-corrected chi connectivity index (χ2v) is 5.68. The van der Waals surface area contributed by atoms with Gasteiger partial charge in [0.05, 0.1) is 0 Å². The minimum atomic E-state index is 1.01. The predicted octanol–water partition coefficient (Wildman–Crippen LogP) is 6.90. The fraction of sp³-hybridized carbons (Fsp3) is 0.889. The maximum atomic E-state index is 2.36. The zero-order valence-electron chi connectivity index (χ0n) is 13.2. The molecule has 0 aliphatic heterocycles. The van der Waals surface area contributed by atoms with Gasteiger partial charge in [-0.3, -0.25) is 0 Å². The van der Waals surface area contributed by atoms with E-state index in [-0.39, 0.29) is 0 Å². The van der Waals surface area contributed by atoms with Crippen LogP contribution in [0.4, 0.5) is 0 Å². The molecule has 0 heteroatoms. The van der Waals surface area contributed by atoms with Crippen molar-refractivity contribution in [2.45, 2.75) is 97.8 Å². The normalized spacial score (nSPS) is 13.3. The Balaban J connectivity index is 3.22. The highest BCUT2D eigenvalue weighted by molar-refractivity contribution is 4.76. The second kappa shape index (κ2) is 14.8. The minimum Gasteiger partial charge on any atom is -0.0917 e. The fourth-order valence-electron chi connectivity index (χ4n) is 2.61. The molecule has 0 nitrogen and oxygen atoms in total. The first kappa shape index (κ1) is 17.7. The molecule has 0 fully saturated rings. The molecule has 0 aromatic rings.